The zero-order valence-electron chi connectivity index (χ0n) is 19.1. The van der Waals surface area contributed by atoms with Gasteiger partial charge in [-0.3, -0.25) is 0 Å². The van der Waals surface area contributed by atoms with Gasteiger partial charge in [-0.2, -0.15) is 0 Å². The molecule has 0 aromatic heterocycles. The van der Waals surface area contributed by atoms with Gasteiger partial charge in [0.05, 0.1) is 13.2 Å². The van der Waals surface area contributed by atoms with Crippen LogP contribution in [0.3, 0.4) is 0 Å². The predicted octanol–water partition coefficient (Wildman–Crippen LogP) is 5.44. The average Bonchev–Trinajstić information content (AvgIpc) is 2.61. The zero-order chi connectivity index (χ0) is 21.5. The number of unbranched alkanes of at least 4 members (excludes halogenated alkanes) is 9. The number of esters is 2. The molecule has 0 aromatic rings. The second kappa shape index (κ2) is 15.0. The van der Waals surface area contributed by atoms with E-state index in [-0.39, 0.29) is 19.6 Å². The van der Waals surface area contributed by atoms with E-state index in [9.17, 15) is 9.59 Å². The van der Waals surface area contributed by atoms with Crippen LogP contribution in [0.2, 0.25) is 25.7 Å². The molecule has 0 saturated heterocycles. The normalized spacial score (nSPS) is 12.1. The van der Waals surface area contributed by atoms with E-state index in [1.165, 1.54) is 51.0 Å². The Morgan fingerprint density at radius 1 is 0.714 bits per heavy atom. The minimum absolute atomic E-state index is 0.204. The second-order valence-corrected chi connectivity index (χ2v) is 14.6. The number of hydrogen-bond donors (Lipinski definition) is 1. The van der Waals surface area contributed by atoms with Gasteiger partial charge in [0.25, 0.3) is 0 Å². The molecule has 28 heavy (non-hydrogen) atoms. The molecule has 0 bridgehead atoms. The van der Waals surface area contributed by atoms with E-state index in [0.29, 0.717) is 0 Å². The Hall–Kier alpha value is -0.883. The SMILES string of the molecule is CCOC(=O)C(N)(CCCCCCCCCCCC[Si](C)(C)C)C(=O)OCC. The van der Waals surface area contributed by atoms with Crippen LogP contribution in [0.1, 0.15) is 84.5 Å². The fourth-order valence-electron chi connectivity index (χ4n) is 3.28. The lowest BCUT2D eigenvalue weighted by molar-refractivity contribution is -0.164. The molecule has 0 aliphatic rings. The van der Waals surface area contributed by atoms with Gasteiger partial charge in [0.2, 0.25) is 5.54 Å². The van der Waals surface area contributed by atoms with Crippen molar-refractivity contribution in [2.75, 3.05) is 13.2 Å². The fraction of sp³-hybridized carbons (Fsp3) is 0.909. The first-order valence-corrected chi connectivity index (χ1v) is 15.0. The first kappa shape index (κ1) is 27.1. The van der Waals surface area contributed by atoms with Crippen molar-refractivity contribution >= 4 is 20.0 Å². The Balaban J connectivity index is 3.86. The van der Waals surface area contributed by atoms with E-state index >= 15 is 0 Å². The van der Waals surface area contributed by atoms with Crippen LogP contribution < -0.4 is 5.73 Å². The van der Waals surface area contributed by atoms with Crippen LogP contribution in [0.4, 0.5) is 0 Å². The molecule has 0 aliphatic heterocycles. The summed E-state index contributed by atoms with van der Waals surface area (Å²) >= 11 is 0. The van der Waals surface area contributed by atoms with Crippen LogP contribution in [-0.4, -0.2) is 38.8 Å². The lowest BCUT2D eigenvalue weighted by Crippen LogP contribution is -2.56. The third-order valence-electron chi connectivity index (χ3n) is 5.03. The summed E-state index contributed by atoms with van der Waals surface area (Å²) in [6.45, 7) is 11.2. The van der Waals surface area contributed by atoms with Gasteiger partial charge in [0, 0.05) is 8.07 Å². The van der Waals surface area contributed by atoms with Crippen LogP contribution in [0.25, 0.3) is 0 Å². The van der Waals surface area contributed by atoms with E-state index < -0.39 is 25.6 Å². The first-order chi connectivity index (χ1) is 13.2. The summed E-state index contributed by atoms with van der Waals surface area (Å²) in [5.41, 5.74) is 4.39. The molecular weight excluding hydrogens is 370 g/mol. The van der Waals surface area contributed by atoms with Gasteiger partial charge in [-0.05, 0) is 20.3 Å². The number of nitrogens with two attached hydrogens (primary N) is 1. The Labute approximate surface area is 174 Å². The molecule has 0 atom stereocenters. The highest BCUT2D eigenvalue weighted by atomic mass is 28.3. The van der Waals surface area contributed by atoms with E-state index in [1.807, 2.05) is 0 Å². The number of ether oxygens (including phenoxy) is 2. The molecule has 0 amide bonds. The quantitative estimate of drug-likeness (QED) is 0.148. The summed E-state index contributed by atoms with van der Waals surface area (Å²) in [6, 6.07) is 1.45. The molecule has 6 heteroatoms. The molecule has 0 radical (unpaired) electrons. The van der Waals surface area contributed by atoms with Gasteiger partial charge >= 0.3 is 11.9 Å². The molecule has 0 unspecified atom stereocenters. The van der Waals surface area contributed by atoms with E-state index in [4.69, 9.17) is 15.2 Å². The summed E-state index contributed by atoms with van der Waals surface area (Å²) in [4.78, 5) is 24.2. The van der Waals surface area contributed by atoms with Gasteiger partial charge in [-0.25, -0.2) is 9.59 Å². The highest BCUT2D eigenvalue weighted by Crippen LogP contribution is 2.19. The second-order valence-electron chi connectivity index (χ2n) is 9.01. The topological polar surface area (TPSA) is 78.6 Å². The molecule has 2 N–H and O–H groups in total. The van der Waals surface area contributed by atoms with Crippen LogP contribution in [0, 0.1) is 0 Å². The number of rotatable bonds is 17. The number of hydrogen-bond acceptors (Lipinski definition) is 5. The third-order valence-corrected chi connectivity index (χ3v) is 6.88. The Morgan fingerprint density at radius 3 is 1.43 bits per heavy atom. The minimum atomic E-state index is -1.66. The molecule has 0 aliphatic carbocycles. The van der Waals surface area contributed by atoms with Crippen LogP contribution in [0.5, 0.6) is 0 Å². The summed E-state index contributed by atoms with van der Waals surface area (Å²) in [5.74, 6) is -1.36. The maximum Gasteiger partial charge on any atom is 0.337 e. The van der Waals surface area contributed by atoms with Crippen molar-refractivity contribution in [3.63, 3.8) is 0 Å². The Bertz CT molecular complexity index is 417. The van der Waals surface area contributed by atoms with Gasteiger partial charge in [0.1, 0.15) is 0 Å². The van der Waals surface area contributed by atoms with Crippen molar-refractivity contribution in [2.45, 2.75) is 116 Å². The Morgan fingerprint density at radius 2 is 1.07 bits per heavy atom. The molecule has 5 nitrogen and oxygen atoms in total. The molecule has 0 rings (SSSR count). The molecular formula is C22H45NO4Si. The summed E-state index contributed by atoms with van der Waals surface area (Å²) in [7, 11) is -0.856. The van der Waals surface area contributed by atoms with E-state index in [1.54, 1.807) is 13.8 Å². The lowest BCUT2D eigenvalue weighted by atomic mass is 9.92. The maximum atomic E-state index is 12.1. The maximum absolute atomic E-state index is 12.1. The monoisotopic (exact) mass is 415 g/mol. The highest BCUT2D eigenvalue weighted by molar-refractivity contribution is 6.76. The fourth-order valence-corrected chi connectivity index (χ4v) is 4.59. The highest BCUT2D eigenvalue weighted by Gasteiger charge is 2.44. The van der Waals surface area contributed by atoms with Crippen molar-refractivity contribution in [2.24, 2.45) is 5.73 Å². The van der Waals surface area contributed by atoms with Crippen molar-refractivity contribution in [3.05, 3.63) is 0 Å². The predicted molar refractivity (Wildman–Crippen MR) is 119 cm³/mol. The van der Waals surface area contributed by atoms with Crippen molar-refractivity contribution in [1.29, 1.82) is 0 Å². The molecule has 0 aromatic carbocycles. The summed E-state index contributed by atoms with van der Waals surface area (Å²) in [6.07, 6.45) is 12.3. The standard InChI is InChI=1S/C22H45NO4Si/c1-6-26-20(24)22(23,21(25)27-7-2)18-16-14-12-10-8-9-11-13-15-17-19-28(3,4)5/h6-19,23H2,1-5H3. The Kier molecular flexibility index (Phi) is 14.5. The van der Waals surface area contributed by atoms with Crippen molar-refractivity contribution < 1.29 is 19.1 Å². The molecule has 0 heterocycles. The molecule has 0 spiro atoms. The molecule has 166 valence electrons. The van der Waals surface area contributed by atoms with Gasteiger partial charge in [0.15, 0.2) is 0 Å². The first-order valence-electron chi connectivity index (χ1n) is 11.3. The van der Waals surface area contributed by atoms with Crippen molar-refractivity contribution in [3.8, 4) is 0 Å². The average molecular weight is 416 g/mol. The zero-order valence-corrected chi connectivity index (χ0v) is 20.1. The van der Waals surface area contributed by atoms with Crippen LogP contribution >= 0.6 is 0 Å². The largest absolute Gasteiger partial charge is 0.464 e. The third kappa shape index (κ3) is 12.6. The minimum Gasteiger partial charge on any atom is -0.464 e. The van der Waals surface area contributed by atoms with Gasteiger partial charge in [-0.15, -0.1) is 0 Å². The number of carbonyl (C=O) groups excluding carboxylic acids is 2. The lowest BCUT2D eigenvalue weighted by Gasteiger charge is -2.24. The van der Waals surface area contributed by atoms with Gasteiger partial charge in [-0.1, -0.05) is 89.9 Å². The van der Waals surface area contributed by atoms with Crippen LogP contribution in [-0.2, 0) is 19.1 Å². The molecule has 0 saturated carbocycles. The molecule has 0 fully saturated rings. The van der Waals surface area contributed by atoms with Gasteiger partial charge < -0.3 is 15.2 Å². The number of carbonyl (C=O) groups is 2. The smallest absolute Gasteiger partial charge is 0.337 e. The summed E-state index contributed by atoms with van der Waals surface area (Å²) < 4.78 is 9.96. The van der Waals surface area contributed by atoms with Crippen LogP contribution in [0.15, 0.2) is 0 Å². The summed E-state index contributed by atoms with van der Waals surface area (Å²) in [5, 5.41) is 0. The van der Waals surface area contributed by atoms with E-state index in [0.717, 1.165) is 19.3 Å². The van der Waals surface area contributed by atoms with E-state index in [2.05, 4.69) is 19.6 Å². The van der Waals surface area contributed by atoms with Crippen molar-refractivity contribution in [1.82, 2.24) is 0 Å².